The molecule has 0 fully saturated rings. The number of nitrogens with two attached hydrogens (primary N) is 1. The van der Waals surface area contributed by atoms with Crippen LogP contribution in [0.15, 0.2) is 91.3 Å². The number of anilines is 3. The van der Waals surface area contributed by atoms with Gasteiger partial charge in [0, 0.05) is 19.6 Å². The second-order valence-corrected chi connectivity index (χ2v) is 7.63. The molecule has 0 saturated carbocycles. The molecule has 0 atom stereocenters. The quantitative estimate of drug-likeness (QED) is 0.419. The van der Waals surface area contributed by atoms with Crippen LogP contribution < -0.4 is 16.0 Å². The molecule has 0 unspecified atom stereocenters. The number of hydrogen-bond acceptors (Lipinski definition) is 5. The van der Waals surface area contributed by atoms with E-state index >= 15 is 0 Å². The molecule has 1 aromatic heterocycles. The summed E-state index contributed by atoms with van der Waals surface area (Å²) in [6.07, 6.45) is 1.58. The van der Waals surface area contributed by atoms with Gasteiger partial charge in [0.2, 0.25) is 0 Å². The summed E-state index contributed by atoms with van der Waals surface area (Å²) >= 11 is 0. The molecule has 4 rings (SSSR count). The normalized spacial score (nSPS) is 10.6. The molecule has 0 spiro atoms. The minimum atomic E-state index is 0.557. The topological polar surface area (TPSA) is 67.1 Å². The lowest BCUT2D eigenvalue weighted by Crippen LogP contribution is -2.25. The molecule has 3 aromatic carbocycles. The Hall–Kier alpha value is -3.86. The lowest BCUT2D eigenvalue weighted by Gasteiger charge is -2.26. The lowest BCUT2D eigenvalue weighted by atomic mass is 10.1. The van der Waals surface area contributed by atoms with E-state index in [0.717, 1.165) is 5.82 Å². The van der Waals surface area contributed by atoms with E-state index < -0.39 is 0 Å². The predicted octanol–water partition coefficient (Wildman–Crippen LogP) is 5.19. The lowest BCUT2D eigenvalue weighted by molar-refractivity contribution is 0.782. The van der Waals surface area contributed by atoms with E-state index in [1.165, 1.54) is 22.3 Å². The summed E-state index contributed by atoms with van der Waals surface area (Å²) in [4.78, 5) is 11.1. The van der Waals surface area contributed by atoms with Crippen LogP contribution in [0.2, 0.25) is 0 Å². The highest BCUT2D eigenvalue weighted by atomic mass is 15.2. The molecule has 0 bridgehead atoms. The Morgan fingerprint density at radius 2 is 1.32 bits per heavy atom. The van der Waals surface area contributed by atoms with E-state index in [0.29, 0.717) is 31.1 Å². The van der Waals surface area contributed by atoms with Crippen LogP contribution in [0.5, 0.6) is 0 Å². The minimum absolute atomic E-state index is 0.557. The molecule has 5 nitrogen and oxygen atoms in total. The van der Waals surface area contributed by atoms with Crippen LogP contribution in [0.3, 0.4) is 0 Å². The highest BCUT2D eigenvalue weighted by Gasteiger charge is 2.16. The Balaban J connectivity index is 1.59. The summed E-state index contributed by atoms with van der Waals surface area (Å²) in [6, 6.07) is 29.1. The third kappa shape index (κ3) is 5.39. The Morgan fingerprint density at radius 3 is 1.90 bits per heavy atom. The van der Waals surface area contributed by atoms with Crippen molar-refractivity contribution in [3.63, 3.8) is 0 Å². The van der Waals surface area contributed by atoms with Gasteiger partial charge >= 0.3 is 0 Å². The Kier molecular flexibility index (Phi) is 6.43. The molecule has 0 amide bonds. The largest absolute Gasteiger partial charge is 0.393 e. The van der Waals surface area contributed by atoms with Crippen molar-refractivity contribution in [1.29, 1.82) is 0 Å². The number of benzene rings is 3. The highest BCUT2D eigenvalue weighted by molar-refractivity contribution is 5.75. The SMILES string of the molecule is Cc1ccc(CNc2ncnc(N(Cc3ccccc3)Cc3ccccc3)c2N)cc1. The van der Waals surface area contributed by atoms with Crippen LogP contribution >= 0.6 is 0 Å². The smallest absolute Gasteiger partial charge is 0.158 e. The van der Waals surface area contributed by atoms with Crippen molar-refractivity contribution in [2.45, 2.75) is 26.6 Å². The molecule has 156 valence electrons. The van der Waals surface area contributed by atoms with E-state index in [4.69, 9.17) is 5.73 Å². The zero-order valence-corrected chi connectivity index (χ0v) is 17.7. The first kappa shape index (κ1) is 20.4. The van der Waals surface area contributed by atoms with E-state index in [2.05, 4.69) is 75.6 Å². The molecule has 0 saturated heterocycles. The van der Waals surface area contributed by atoms with Gasteiger partial charge in [-0.15, -0.1) is 0 Å². The number of aryl methyl sites for hydroxylation is 1. The standard InChI is InChI=1S/C26H27N5/c1-20-12-14-21(15-13-20)16-28-25-24(27)26(30-19-29-25)31(17-22-8-4-2-5-9-22)18-23-10-6-3-7-11-23/h2-15,19H,16-18,27H2,1H3,(H,28,29,30). The second-order valence-electron chi connectivity index (χ2n) is 7.63. The van der Waals surface area contributed by atoms with Crippen LogP contribution in [0.25, 0.3) is 0 Å². The third-order valence-electron chi connectivity index (χ3n) is 5.18. The average Bonchev–Trinajstić information content (AvgIpc) is 2.80. The molecule has 3 N–H and O–H groups in total. The van der Waals surface area contributed by atoms with Crippen LogP contribution in [-0.2, 0) is 19.6 Å². The highest BCUT2D eigenvalue weighted by Crippen LogP contribution is 2.29. The van der Waals surface area contributed by atoms with Crippen molar-refractivity contribution in [2.24, 2.45) is 0 Å². The molecule has 0 aliphatic carbocycles. The molecule has 5 heteroatoms. The Bertz CT molecular complexity index is 1050. The molecule has 1 heterocycles. The van der Waals surface area contributed by atoms with Gasteiger partial charge < -0.3 is 16.0 Å². The fraction of sp³-hybridized carbons (Fsp3) is 0.154. The van der Waals surface area contributed by atoms with Crippen LogP contribution in [-0.4, -0.2) is 9.97 Å². The summed E-state index contributed by atoms with van der Waals surface area (Å²) in [7, 11) is 0. The van der Waals surface area contributed by atoms with Crippen molar-refractivity contribution < 1.29 is 0 Å². The maximum atomic E-state index is 6.55. The molecule has 0 aliphatic heterocycles. The first-order valence-electron chi connectivity index (χ1n) is 10.4. The Labute approximate surface area is 183 Å². The molecule has 4 aromatic rings. The van der Waals surface area contributed by atoms with Gasteiger partial charge in [0.1, 0.15) is 12.0 Å². The molecule has 31 heavy (non-hydrogen) atoms. The van der Waals surface area contributed by atoms with Gasteiger partial charge in [0.05, 0.1) is 0 Å². The van der Waals surface area contributed by atoms with Gasteiger partial charge in [0.25, 0.3) is 0 Å². The first-order valence-corrected chi connectivity index (χ1v) is 10.4. The first-order chi connectivity index (χ1) is 15.2. The molecular formula is C26H27N5. The summed E-state index contributed by atoms with van der Waals surface area (Å²) < 4.78 is 0. The van der Waals surface area contributed by atoms with Gasteiger partial charge in [-0.1, -0.05) is 90.5 Å². The van der Waals surface area contributed by atoms with Gasteiger partial charge in [-0.25, -0.2) is 9.97 Å². The zero-order valence-electron chi connectivity index (χ0n) is 17.7. The van der Waals surface area contributed by atoms with Crippen molar-refractivity contribution in [3.05, 3.63) is 114 Å². The summed E-state index contributed by atoms with van der Waals surface area (Å²) in [5, 5.41) is 3.37. The monoisotopic (exact) mass is 409 g/mol. The maximum absolute atomic E-state index is 6.55. The Morgan fingerprint density at radius 1 is 0.742 bits per heavy atom. The number of rotatable bonds is 8. The molecule has 0 aliphatic rings. The number of nitrogens with one attached hydrogen (secondary N) is 1. The van der Waals surface area contributed by atoms with Crippen molar-refractivity contribution in [2.75, 3.05) is 16.0 Å². The summed E-state index contributed by atoms with van der Waals surface area (Å²) in [5.74, 6) is 1.38. The van der Waals surface area contributed by atoms with Gasteiger partial charge in [0.15, 0.2) is 11.6 Å². The number of hydrogen-bond donors (Lipinski definition) is 2. The van der Waals surface area contributed by atoms with Crippen LogP contribution in [0.4, 0.5) is 17.3 Å². The third-order valence-corrected chi connectivity index (χ3v) is 5.18. The molecule has 0 radical (unpaired) electrons. The van der Waals surface area contributed by atoms with E-state index in [9.17, 15) is 0 Å². The fourth-order valence-corrected chi connectivity index (χ4v) is 3.48. The average molecular weight is 410 g/mol. The maximum Gasteiger partial charge on any atom is 0.158 e. The molecular weight excluding hydrogens is 382 g/mol. The van der Waals surface area contributed by atoms with Gasteiger partial charge in [-0.05, 0) is 23.6 Å². The summed E-state index contributed by atoms with van der Waals surface area (Å²) in [5.41, 5.74) is 11.9. The summed E-state index contributed by atoms with van der Waals surface area (Å²) in [6.45, 7) is 4.14. The van der Waals surface area contributed by atoms with Gasteiger partial charge in [-0.3, -0.25) is 0 Å². The van der Waals surface area contributed by atoms with Crippen LogP contribution in [0.1, 0.15) is 22.3 Å². The number of aromatic nitrogens is 2. The fourth-order valence-electron chi connectivity index (χ4n) is 3.48. The van der Waals surface area contributed by atoms with Crippen LogP contribution in [0, 0.1) is 6.92 Å². The second kappa shape index (κ2) is 9.76. The van der Waals surface area contributed by atoms with Crippen molar-refractivity contribution >= 4 is 17.3 Å². The van der Waals surface area contributed by atoms with Crippen molar-refractivity contribution in [1.82, 2.24) is 9.97 Å². The van der Waals surface area contributed by atoms with Crippen molar-refractivity contribution in [3.8, 4) is 0 Å². The predicted molar refractivity (Wildman–Crippen MR) is 128 cm³/mol. The van der Waals surface area contributed by atoms with E-state index in [-0.39, 0.29) is 0 Å². The number of nitrogen functional groups attached to an aromatic ring is 1. The van der Waals surface area contributed by atoms with Gasteiger partial charge in [-0.2, -0.15) is 0 Å². The zero-order chi connectivity index (χ0) is 21.5. The van der Waals surface area contributed by atoms with E-state index in [1.807, 2.05) is 36.4 Å². The van der Waals surface area contributed by atoms with E-state index in [1.54, 1.807) is 6.33 Å². The minimum Gasteiger partial charge on any atom is -0.393 e. The number of nitrogens with zero attached hydrogens (tertiary/aromatic N) is 3.